The molecule has 1 heterocycles. The van der Waals surface area contributed by atoms with Gasteiger partial charge in [-0.1, -0.05) is 43.0 Å². The van der Waals surface area contributed by atoms with Crippen molar-refractivity contribution < 1.29 is 14.3 Å². The third kappa shape index (κ3) is 5.69. The fraction of sp³-hybridized carbons (Fsp3) is 0.385. The molecular weight excluding hydrogens is 438 g/mol. The quantitative estimate of drug-likeness (QED) is 0.480. The van der Waals surface area contributed by atoms with Gasteiger partial charge < -0.3 is 19.4 Å². The summed E-state index contributed by atoms with van der Waals surface area (Å²) >= 11 is 6.28. The molecule has 1 atom stereocenters. The number of hydrogen-bond acceptors (Lipinski definition) is 4. The number of aromatic nitrogens is 2. The van der Waals surface area contributed by atoms with E-state index in [1.165, 1.54) is 19.3 Å². The van der Waals surface area contributed by atoms with Gasteiger partial charge in [0, 0.05) is 24.5 Å². The summed E-state index contributed by atoms with van der Waals surface area (Å²) in [7, 11) is 3.53. The lowest BCUT2D eigenvalue weighted by Gasteiger charge is -2.24. The molecule has 1 amide bonds. The van der Waals surface area contributed by atoms with Crippen LogP contribution in [0.25, 0.3) is 0 Å². The highest BCUT2D eigenvalue weighted by Gasteiger charge is 2.23. The van der Waals surface area contributed by atoms with E-state index < -0.39 is 6.04 Å². The normalized spacial score (nSPS) is 15.1. The minimum atomic E-state index is -0.431. The lowest BCUT2D eigenvalue weighted by molar-refractivity contribution is -0.123. The lowest BCUT2D eigenvalue weighted by atomic mass is 9.84. The minimum Gasteiger partial charge on any atom is -0.497 e. The molecule has 7 heteroatoms. The number of aryl methyl sites for hydroxylation is 1. The van der Waals surface area contributed by atoms with Gasteiger partial charge in [0.25, 0.3) is 5.91 Å². The van der Waals surface area contributed by atoms with Gasteiger partial charge in [0.15, 0.2) is 6.61 Å². The number of imidazole rings is 1. The van der Waals surface area contributed by atoms with E-state index in [4.69, 9.17) is 21.1 Å². The third-order valence-corrected chi connectivity index (χ3v) is 6.46. The number of carbonyl (C=O) groups is 1. The van der Waals surface area contributed by atoms with Crippen LogP contribution in [0.3, 0.4) is 0 Å². The van der Waals surface area contributed by atoms with Crippen molar-refractivity contribution in [3.63, 3.8) is 0 Å². The van der Waals surface area contributed by atoms with Gasteiger partial charge in [-0.2, -0.15) is 0 Å². The van der Waals surface area contributed by atoms with Crippen LogP contribution < -0.4 is 14.8 Å². The predicted molar refractivity (Wildman–Crippen MR) is 129 cm³/mol. The van der Waals surface area contributed by atoms with Crippen LogP contribution in [0, 0.1) is 0 Å². The first-order valence-corrected chi connectivity index (χ1v) is 11.8. The highest BCUT2D eigenvalue weighted by molar-refractivity contribution is 6.30. The van der Waals surface area contributed by atoms with Gasteiger partial charge in [-0.15, -0.1) is 0 Å². The average Bonchev–Trinajstić information content (AvgIpc) is 3.27. The Morgan fingerprint density at radius 3 is 2.76 bits per heavy atom. The van der Waals surface area contributed by atoms with Crippen molar-refractivity contribution in [3.8, 4) is 11.5 Å². The van der Waals surface area contributed by atoms with Gasteiger partial charge >= 0.3 is 0 Å². The Morgan fingerprint density at radius 1 is 1.21 bits per heavy atom. The molecule has 1 N–H and O–H groups in total. The van der Waals surface area contributed by atoms with Gasteiger partial charge in [0.2, 0.25) is 0 Å². The Labute approximate surface area is 199 Å². The van der Waals surface area contributed by atoms with Crippen LogP contribution in [0.2, 0.25) is 5.02 Å². The van der Waals surface area contributed by atoms with E-state index in [1.54, 1.807) is 13.3 Å². The van der Waals surface area contributed by atoms with Crippen LogP contribution in [-0.2, 0) is 11.8 Å². The predicted octanol–water partition coefficient (Wildman–Crippen LogP) is 5.41. The zero-order valence-electron chi connectivity index (χ0n) is 19.1. The number of rotatable bonds is 8. The SMILES string of the molecule is COc1cccc(C(NC(=O)COc2ccc(Cl)cc2C2CCCCC2)c2nccn2C)c1. The molecule has 4 rings (SSSR count). The molecule has 2 aromatic carbocycles. The molecule has 0 spiro atoms. The maximum atomic E-state index is 13.0. The molecule has 0 bridgehead atoms. The largest absolute Gasteiger partial charge is 0.497 e. The second-order valence-electron chi connectivity index (χ2n) is 8.48. The number of carbonyl (C=O) groups excluding carboxylic acids is 1. The van der Waals surface area contributed by atoms with Crippen LogP contribution in [-0.4, -0.2) is 29.2 Å². The Kier molecular flexibility index (Phi) is 7.55. The fourth-order valence-corrected chi connectivity index (χ4v) is 4.68. The number of nitrogens with zero attached hydrogens (tertiary/aromatic N) is 2. The molecule has 174 valence electrons. The standard InChI is InChI=1S/C26H30ClN3O3/c1-30-14-13-28-26(30)25(19-9-6-10-21(15-19)32-2)29-24(31)17-33-23-12-11-20(27)16-22(23)18-7-4-3-5-8-18/h6,9-16,18,25H,3-5,7-8,17H2,1-2H3,(H,29,31). The Hall–Kier alpha value is -2.99. The summed E-state index contributed by atoms with van der Waals surface area (Å²) in [6.45, 7) is -0.0910. The smallest absolute Gasteiger partial charge is 0.258 e. The average molecular weight is 468 g/mol. The number of nitrogens with one attached hydrogen (secondary N) is 1. The first-order chi connectivity index (χ1) is 16.0. The van der Waals surface area contributed by atoms with Crippen LogP contribution in [0.5, 0.6) is 11.5 Å². The van der Waals surface area contributed by atoms with Crippen LogP contribution >= 0.6 is 11.6 Å². The molecule has 6 nitrogen and oxygen atoms in total. The van der Waals surface area contributed by atoms with Crippen molar-refractivity contribution in [3.05, 3.63) is 76.8 Å². The molecule has 1 fully saturated rings. The summed E-state index contributed by atoms with van der Waals surface area (Å²) in [5.74, 6) is 2.38. The summed E-state index contributed by atoms with van der Waals surface area (Å²) in [6.07, 6.45) is 9.52. The van der Waals surface area contributed by atoms with Crippen molar-refractivity contribution in [1.29, 1.82) is 0 Å². The zero-order chi connectivity index (χ0) is 23.2. The maximum absolute atomic E-state index is 13.0. The second-order valence-corrected chi connectivity index (χ2v) is 8.92. The molecule has 0 radical (unpaired) electrons. The molecule has 3 aromatic rings. The van der Waals surface area contributed by atoms with Gasteiger partial charge in [0.05, 0.1) is 7.11 Å². The first kappa shape index (κ1) is 23.2. The van der Waals surface area contributed by atoms with Gasteiger partial charge in [-0.25, -0.2) is 4.98 Å². The Bertz CT molecular complexity index is 1090. The lowest BCUT2D eigenvalue weighted by Crippen LogP contribution is -2.34. The monoisotopic (exact) mass is 467 g/mol. The molecule has 1 aliphatic rings. The van der Waals surface area contributed by atoms with E-state index in [1.807, 2.05) is 60.3 Å². The molecule has 1 aromatic heterocycles. The Morgan fingerprint density at radius 2 is 2.03 bits per heavy atom. The summed E-state index contributed by atoms with van der Waals surface area (Å²) in [5, 5.41) is 3.77. The fourth-order valence-electron chi connectivity index (χ4n) is 4.50. The minimum absolute atomic E-state index is 0.0910. The van der Waals surface area contributed by atoms with Crippen LogP contribution in [0.1, 0.15) is 61.0 Å². The highest BCUT2D eigenvalue weighted by Crippen LogP contribution is 2.38. The molecule has 0 aliphatic heterocycles. The maximum Gasteiger partial charge on any atom is 0.258 e. The van der Waals surface area contributed by atoms with E-state index in [0.717, 1.165) is 41.3 Å². The van der Waals surface area contributed by atoms with Gasteiger partial charge in [-0.3, -0.25) is 4.79 Å². The molecule has 1 unspecified atom stereocenters. The Balaban J connectivity index is 1.50. The summed E-state index contributed by atoms with van der Waals surface area (Å²) in [4.78, 5) is 17.4. The van der Waals surface area contributed by atoms with E-state index in [-0.39, 0.29) is 12.5 Å². The van der Waals surface area contributed by atoms with Crippen LogP contribution in [0.15, 0.2) is 54.9 Å². The molecule has 0 saturated heterocycles. The van der Waals surface area contributed by atoms with Gasteiger partial charge in [-0.05, 0) is 60.2 Å². The topological polar surface area (TPSA) is 65.4 Å². The highest BCUT2D eigenvalue weighted by atomic mass is 35.5. The molecule has 1 aliphatic carbocycles. The summed E-state index contributed by atoms with van der Waals surface area (Å²) in [5.41, 5.74) is 1.98. The third-order valence-electron chi connectivity index (χ3n) is 6.22. The van der Waals surface area contributed by atoms with Crippen molar-refractivity contribution in [2.75, 3.05) is 13.7 Å². The number of benzene rings is 2. The van der Waals surface area contributed by atoms with Crippen molar-refractivity contribution in [2.45, 2.75) is 44.1 Å². The molecular formula is C26H30ClN3O3. The summed E-state index contributed by atoms with van der Waals surface area (Å²) < 4.78 is 13.3. The number of halogens is 1. The number of ether oxygens (including phenoxy) is 2. The first-order valence-electron chi connectivity index (χ1n) is 11.4. The number of hydrogen-bond donors (Lipinski definition) is 1. The van der Waals surface area contributed by atoms with Gasteiger partial charge in [0.1, 0.15) is 23.4 Å². The number of methoxy groups -OCH3 is 1. The second kappa shape index (κ2) is 10.8. The zero-order valence-corrected chi connectivity index (χ0v) is 19.8. The molecule has 1 saturated carbocycles. The summed E-state index contributed by atoms with van der Waals surface area (Å²) in [6, 6.07) is 12.9. The van der Waals surface area contributed by atoms with E-state index in [2.05, 4.69) is 10.3 Å². The molecule has 33 heavy (non-hydrogen) atoms. The van der Waals surface area contributed by atoms with E-state index >= 15 is 0 Å². The number of amides is 1. The van der Waals surface area contributed by atoms with Crippen molar-refractivity contribution >= 4 is 17.5 Å². The van der Waals surface area contributed by atoms with E-state index in [0.29, 0.717) is 10.9 Å². The van der Waals surface area contributed by atoms with Crippen molar-refractivity contribution in [2.24, 2.45) is 7.05 Å². The van der Waals surface area contributed by atoms with Crippen LogP contribution in [0.4, 0.5) is 0 Å². The van der Waals surface area contributed by atoms with E-state index in [9.17, 15) is 4.79 Å². The van der Waals surface area contributed by atoms with Crippen molar-refractivity contribution in [1.82, 2.24) is 14.9 Å².